The first kappa shape index (κ1) is 24.0. The Hall–Kier alpha value is -3.09. The van der Waals surface area contributed by atoms with E-state index >= 15 is 0 Å². The monoisotopic (exact) mass is 460 g/mol. The van der Waals surface area contributed by atoms with Crippen molar-refractivity contribution in [1.29, 1.82) is 0 Å². The number of hydrogen-bond donors (Lipinski definition) is 2. The summed E-state index contributed by atoms with van der Waals surface area (Å²) in [7, 11) is 1.74. The lowest BCUT2D eigenvalue weighted by atomic mass is 9.89. The average molecular weight is 461 g/mol. The van der Waals surface area contributed by atoms with Gasteiger partial charge in [-0.25, -0.2) is 4.98 Å². The third-order valence-corrected chi connectivity index (χ3v) is 6.59. The molecule has 1 aromatic heterocycles. The predicted octanol–water partition coefficient (Wildman–Crippen LogP) is 5.60. The zero-order chi connectivity index (χ0) is 23.8. The number of methoxy groups -OCH3 is 1. The van der Waals surface area contributed by atoms with Gasteiger partial charge in [-0.3, -0.25) is 0 Å². The van der Waals surface area contributed by atoms with Crippen molar-refractivity contribution < 1.29 is 9.47 Å². The first-order chi connectivity index (χ1) is 16.6. The number of nitrogens with zero attached hydrogens (tertiary/aromatic N) is 2. The number of pyridine rings is 1. The zero-order valence-corrected chi connectivity index (χ0v) is 20.2. The molecule has 0 aliphatic heterocycles. The molecule has 0 amide bonds. The summed E-state index contributed by atoms with van der Waals surface area (Å²) in [4.78, 5) is 6.95. The normalized spacial score (nSPS) is 20.1. The minimum Gasteiger partial charge on any atom is -0.394 e. The van der Waals surface area contributed by atoms with Gasteiger partial charge in [0.15, 0.2) is 11.6 Å². The number of nitrogens with one attached hydrogen (secondary N) is 1. The van der Waals surface area contributed by atoms with Gasteiger partial charge in [-0.1, -0.05) is 60.7 Å². The lowest BCUT2D eigenvalue weighted by molar-refractivity contribution is -0.236. The van der Waals surface area contributed by atoms with Crippen LogP contribution in [0.3, 0.4) is 0 Å². The van der Waals surface area contributed by atoms with Crippen LogP contribution in [0, 0.1) is 0 Å². The van der Waals surface area contributed by atoms with Crippen LogP contribution >= 0.6 is 0 Å². The van der Waals surface area contributed by atoms with Crippen molar-refractivity contribution in [2.45, 2.75) is 57.5 Å². The minimum absolute atomic E-state index is 0.318. The molecule has 180 valence electrons. The summed E-state index contributed by atoms with van der Waals surface area (Å²) in [5, 5.41) is 3.67. The summed E-state index contributed by atoms with van der Waals surface area (Å²) in [5.41, 5.74) is 10.8. The topological polar surface area (TPSA) is 72.6 Å². The Labute approximate surface area is 203 Å². The number of aromatic nitrogens is 1. The van der Waals surface area contributed by atoms with Gasteiger partial charge in [0.2, 0.25) is 0 Å². The Kier molecular flexibility index (Phi) is 8.03. The second-order valence-corrected chi connectivity index (χ2v) is 8.89. The van der Waals surface area contributed by atoms with E-state index in [2.05, 4.69) is 58.7 Å². The van der Waals surface area contributed by atoms with Crippen LogP contribution in [-0.4, -0.2) is 30.5 Å². The van der Waals surface area contributed by atoms with Crippen LogP contribution in [0.1, 0.15) is 43.7 Å². The molecule has 4 rings (SSSR count). The van der Waals surface area contributed by atoms with Crippen molar-refractivity contribution in [2.24, 2.45) is 0 Å². The number of benzene rings is 2. The van der Waals surface area contributed by atoms with Gasteiger partial charge in [-0.2, -0.15) is 0 Å². The highest BCUT2D eigenvalue weighted by Crippen LogP contribution is 2.36. The maximum absolute atomic E-state index is 6.72. The fraction of sp³-hybridized carbons (Fsp3) is 0.393. The van der Waals surface area contributed by atoms with Crippen LogP contribution < -0.4 is 16.0 Å². The van der Waals surface area contributed by atoms with Gasteiger partial charge in [0, 0.05) is 51.9 Å². The SMILES string of the molecule is CCOC1(OC)CCC(Nc2ccnc(N(Cc3ccccc3)Cc3ccccc3)c2N)CC1. The molecule has 34 heavy (non-hydrogen) atoms. The number of rotatable bonds is 10. The molecule has 0 bridgehead atoms. The highest BCUT2D eigenvalue weighted by Gasteiger charge is 2.36. The number of anilines is 3. The second-order valence-electron chi connectivity index (χ2n) is 8.89. The molecule has 1 saturated carbocycles. The van der Waals surface area contributed by atoms with E-state index in [0.29, 0.717) is 18.3 Å². The number of nitrogen functional groups attached to an aromatic ring is 1. The predicted molar refractivity (Wildman–Crippen MR) is 139 cm³/mol. The zero-order valence-electron chi connectivity index (χ0n) is 20.2. The highest BCUT2D eigenvalue weighted by atomic mass is 16.7. The molecule has 0 spiro atoms. The lowest BCUT2D eigenvalue weighted by Crippen LogP contribution is -2.42. The summed E-state index contributed by atoms with van der Waals surface area (Å²) >= 11 is 0. The van der Waals surface area contributed by atoms with Crippen molar-refractivity contribution >= 4 is 17.2 Å². The van der Waals surface area contributed by atoms with E-state index in [1.165, 1.54) is 11.1 Å². The molecule has 0 atom stereocenters. The van der Waals surface area contributed by atoms with E-state index in [0.717, 1.165) is 50.3 Å². The molecule has 1 aliphatic rings. The first-order valence-corrected chi connectivity index (χ1v) is 12.2. The molecule has 3 aromatic rings. The largest absolute Gasteiger partial charge is 0.394 e. The highest BCUT2D eigenvalue weighted by molar-refractivity contribution is 5.78. The number of hydrogen-bond acceptors (Lipinski definition) is 6. The lowest BCUT2D eigenvalue weighted by Gasteiger charge is -2.39. The summed E-state index contributed by atoms with van der Waals surface area (Å²) < 4.78 is 11.6. The molecule has 1 heterocycles. The van der Waals surface area contributed by atoms with Crippen molar-refractivity contribution in [3.8, 4) is 0 Å². The van der Waals surface area contributed by atoms with Crippen LogP contribution in [0.15, 0.2) is 72.9 Å². The summed E-state index contributed by atoms with van der Waals surface area (Å²) in [6.07, 6.45) is 5.49. The molecule has 0 saturated heterocycles. The third kappa shape index (κ3) is 5.88. The van der Waals surface area contributed by atoms with Gasteiger partial charge in [0.05, 0.1) is 11.4 Å². The maximum Gasteiger partial charge on any atom is 0.168 e. The second kappa shape index (κ2) is 11.4. The fourth-order valence-electron chi connectivity index (χ4n) is 4.75. The molecule has 0 radical (unpaired) electrons. The summed E-state index contributed by atoms with van der Waals surface area (Å²) in [5.74, 6) is 0.346. The molecule has 3 N–H and O–H groups in total. The average Bonchev–Trinajstić information content (AvgIpc) is 2.87. The fourth-order valence-corrected chi connectivity index (χ4v) is 4.75. The van der Waals surface area contributed by atoms with Crippen molar-refractivity contribution in [3.63, 3.8) is 0 Å². The van der Waals surface area contributed by atoms with Crippen LogP contribution in [0.5, 0.6) is 0 Å². The van der Waals surface area contributed by atoms with Crippen LogP contribution in [0.25, 0.3) is 0 Å². The van der Waals surface area contributed by atoms with Gasteiger partial charge in [-0.05, 0) is 37.0 Å². The molecular weight excluding hydrogens is 424 g/mol. The Morgan fingerprint density at radius 1 is 0.971 bits per heavy atom. The van der Waals surface area contributed by atoms with Crippen molar-refractivity contribution in [2.75, 3.05) is 29.7 Å². The smallest absolute Gasteiger partial charge is 0.168 e. The van der Waals surface area contributed by atoms with E-state index in [9.17, 15) is 0 Å². The standard InChI is InChI=1S/C28H36N4O2/c1-3-34-28(33-2)17-14-24(15-18-28)31-25-16-19-30-27(26(25)29)32(20-22-10-6-4-7-11-22)21-23-12-8-5-9-13-23/h4-13,16,19,24H,3,14-15,17-18,20-21,29H2,1-2H3,(H,30,31). The molecule has 6 nitrogen and oxygen atoms in total. The molecule has 6 heteroatoms. The molecule has 1 fully saturated rings. The quantitative estimate of drug-likeness (QED) is 0.384. The third-order valence-electron chi connectivity index (χ3n) is 6.59. The van der Waals surface area contributed by atoms with Gasteiger partial charge in [0.1, 0.15) is 0 Å². The Morgan fingerprint density at radius 3 is 2.09 bits per heavy atom. The van der Waals surface area contributed by atoms with Crippen LogP contribution in [0.4, 0.5) is 17.2 Å². The molecule has 0 unspecified atom stereocenters. The number of ether oxygens (including phenoxy) is 2. The Morgan fingerprint density at radius 2 is 1.56 bits per heavy atom. The van der Waals surface area contributed by atoms with Gasteiger partial charge >= 0.3 is 0 Å². The van der Waals surface area contributed by atoms with Gasteiger partial charge < -0.3 is 25.4 Å². The maximum atomic E-state index is 6.72. The summed E-state index contributed by atoms with van der Waals surface area (Å²) in [6, 6.07) is 23.2. The molecule has 2 aromatic carbocycles. The Bertz CT molecular complexity index is 980. The van der Waals surface area contributed by atoms with E-state index in [1.807, 2.05) is 31.3 Å². The van der Waals surface area contributed by atoms with E-state index in [4.69, 9.17) is 20.2 Å². The summed E-state index contributed by atoms with van der Waals surface area (Å²) in [6.45, 7) is 4.13. The number of nitrogens with two attached hydrogens (primary N) is 1. The van der Waals surface area contributed by atoms with Crippen molar-refractivity contribution in [3.05, 3.63) is 84.1 Å². The van der Waals surface area contributed by atoms with Crippen molar-refractivity contribution in [1.82, 2.24) is 4.98 Å². The minimum atomic E-state index is -0.454. The van der Waals surface area contributed by atoms with E-state index in [-0.39, 0.29) is 0 Å². The first-order valence-electron chi connectivity index (χ1n) is 12.2. The van der Waals surface area contributed by atoms with Gasteiger partial charge in [0.25, 0.3) is 0 Å². The van der Waals surface area contributed by atoms with Gasteiger partial charge in [-0.15, -0.1) is 0 Å². The van der Waals surface area contributed by atoms with E-state index < -0.39 is 5.79 Å². The van der Waals surface area contributed by atoms with Crippen LogP contribution in [0.2, 0.25) is 0 Å². The van der Waals surface area contributed by atoms with E-state index in [1.54, 1.807) is 7.11 Å². The molecule has 1 aliphatic carbocycles. The Balaban J connectivity index is 1.53. The molecular formula is C28H36N4O2. The van der Waals surface area contributed by atoms with Crippen LogP contribution in [-0.2, 0) is 22.6 Å².